The molecule has 0 aliphatic heterocycles. The third-order valence-electron chi connectivity index (χ3n) is 4.74. The van der Waals surface area contributed by atoms with Gasteiger partial charge in [-0.15, -0.1) is 0 Å². The molecule has 2 rings (SSSR count). The number of rotatable bonds is 7. The van der Waals surface area contributed by atoms with E-state index in [-0.39, 0.29) is 5.92 Å². The average Bonchev–Trinajstić information content (AvgIpc) is 3.23. The fourth-order valence-electron chi connectivity index (χ4n) is 3.07. The Hall–Kier alpha value is -1.51. The molecule has 1 aliphatic rings. The van der Waals surface area contributed by atoms with Crippen LogP contribution in [0.3, 0.4) is 0 Å². The van der Waals surface area contributed by atoms with Crippen molar-refractivity contribution >= 4 is 5.97 Å². The van der Waals surface area contributed by atoms with Gasteiger partial charge >= 0.3 is 5.97 Å². The van der Waals surface area contributed by atoms with E-state index in [9.17, 15) is 4.79 Å². The number of aliphatic carboxylic acids is 1. The van der Waals surface area contributed by atoms with E-state index in [0.29, 0.717) is 11.8 Å². The van der Waals surface area contributed by atoms with Gasteiger partial charge < -0.3 is 9.84 Å². The van der Waals surface area contributed by atoms with Gasteiger partial charge in [0.25, 0.3) is 0 Å². The summed E-state index contributed by atoms with van der Waals surface area (Å²) in [6, 6.07) is 4.20. The van der Waals surface area contributed by atoms with Gasteiger partial charge in [0.1, 0.15) is 5.75 Å². The molecule has 1 fully saturated rings. The van der Waals surface area contributed by atoms with Crippen LogP contribution in [-0.4, -0.2) is 17.7 Å². The Labute approximate surface area is 127 Å². The molecule has 0 aromatic heterocycles. The molecule has 0 radical (unpaired) electrons. The van der Waals surface area contributed by atoms with Crippen LogP contribution in [0.15, 0.2) is 12.1 Å². The second-order valence-corrected chi connectivity index (χ2v) is 6.35. The quantitative estimate of drug-likeness (QED) is 0.826. The fraction of sp³-hybridized carbons (Fsp3) is 0.611. The van der Waals surface area contributed by atoms with E-state index in [2.05, 4.69) is 39.8 Å². The Balaban J connectivity index is 2.04. The van der Waals surface area contributed by atoms with Crippen molar-refractivity contribution < 1.29 is 14.6 Å². The Morgan fingerprint density at radius 2 is 2.10 bits per heavy atom. The van der Waals surface area contributed by atoms with Crippen LogP contribution in [-0.2, 0) is 11.2 Å². The van der Waals surface area contributed by atoms with Crippen LogP contribution in [0.1, 0.15) is 43.4 Å². The topological polar surface area (TPSA) is 46.5 Å². The van der Waals surface area contributed by atoms with Crippen LogP contribution in [0.25, 0.3) is 0 Å². The van der Waals surface area contributed by atoms with Gasteiger partial charge in [0.05, 0.1) is 12.5 Å². The van der Waals surface area contributed by atoms with Gasteiger partial charge in [-0.2, -0.15) is 0 Å². The zero-order valence-electron chi connectivity index (χ0n) is 13.5. The zero-order valence-corrected chi connectivity index (χ0v) is 13.5. The van der Waals surface area contributed by atoms with Crippen molar-refractivity contribution in [1.29, 1.82) is 0 Å². The van der Waals surface area contributed by atoms with Gasteiger partial charge in [-0.1, -0.05) is 19.9 Å². The van der Waals surface area contributed by atoms with Gasteiger partial charge in [-0.25, -0.2) is 0 Å². The Bertz CT molecular complexity index is 521. The molecule has 1 aliphatic carbocycles. The van der Waals surface area contributed by atoms with Crippen LogP contribution in [0.5, 0.6) is 5.75 Å². The molecule has 0 bridgehead atoms. The highest BCUT2D eigenvalue weighted by Gasteiger charge is 2.46. The summed E-state index contributed by atoms with van der Waals surface area (Å²) < 4.78 is 5.76. The summed E-state index contributed by atoms with van der Waals surface area (Å²) >= 11 is 0. The summed E-state index contributed by atoms with van der Waals surface area (Å²) in [6.07, 6.45) is 2.80. The molecule has 0 heterocycles. The van der Waals surface area contributed by atoms with E-state index < -0.39 is 5.97 Å². The fourth-order valence-corrected chi connectivity index (χ4v) is 3.07. The molecule has 3 atom stereocenters. The lowest BCUT2D eigenvalue weighted by Crippen LogP contribution is -2.09. The first-order chi connectivity index (χ1) is 9.95. The van der Waals surface area contributed by atoms with Crippen molar-refractivity contribution in [3.05, 3.63) is 28.8 Å². The van der Waals surface area contributed by atoms with E-state index >= 15 is 0 Å². The molecule has 1 N–H and O–H groups in total. The third kappa shape index (κ3) is 3.58. The van der Waals surface area contributed by atoms with Crippen LogP contribution >= 0.6 is 0 Å². The van der Waals surface area contributed by atoms with Gasteiger partial charge in [-0.05, 0) is 67.7 Å². The predicted octanol–water partition coefficient (Wildman–Crippen LogP) is 3.99. The molecule has 21 heavy (non-hydrogen) atoms. The summed E-state index contributed by atoms with van der Waals surface area (Å²) in [5, 5.41) is 9.04. The molecule has 3 heteroatoms. The molecule has 0 amide bonds. The Morgan fingerprint density at radius 1 is 1.38 bits per heavy atom. The lowest BCUT2D eigenvalue weighted by Gasteiger charge is -2.17. The molecular formula is C18H26O3. The van der Waals surface area contributed by atoms with Crippen molar-refractivity contribution in [3.63, 3.8) is 0 Å². The van der Waals surface area contributed by atoms with Gasteiger partial charge in [0.15, 0.2) is 0 Å². The molecule has 0 spiro atoms. The molecule has 0 saturated heterocycles. The van der Waals surface area contributed by atoms with E-state index in [1.54, 1.807) is 0 Å². The smallest absolute Gasteiger partial charge is 0.306 e. The summed E-state index contributed by atoms with van der Waals surface area (Å²) in [6.45, 7) is 9.26. The van der Waals surface area contributed by atoms with E-state index in [4.69, 9.17) is 9.84 Å². The third-order valence-corrected chi connectivity index (χ3v) is 4.74. The lowest BCUT2D eigenvalue weighted by atomic mass is 9.91. The first-order valence-corrected chi connectivity index (χ1v) is 7.90. The average molecular weight is 290 g/mol. The number of hydrogen-bond acceptors (Lipinski definition) is 2. The summed E-state index contributed by atoms with van der Waals surface area (Å²) in [4.78, 5) is 11.0. The number of ether oxygens (including phenoxy) is 1. The van der Waals surface area contributed by atoms with Gasteiger partial charge in [0, 0.05) is 0 Å². The number of benzene rings is 1. The van der Waals surface area contributed by atoms with E-state index in [0.717, 1.165) is 31.6 Å². The standard InChI is InChI=1S/C18H26O3/c1-5-8-21-17-7-6-14(12(3)13(17)4)9-11(2)15-10-16(15)18(19)20/h6-7,11,15-16H,5,8-10H2,1-4H3,(H,19,20). The molecule has 1 aromatic rings. The van der Waals surface area contributed by atoms with E-state index in [1.165, 1.54) is 16.7 Å². The summed E-state index contributed by atoms with van der Waals surface area (Å²) in [5.41, 5.74) is 3.81. The van der Waals surface area contributed by atoms with Crippen molar-refractivity contribution in [2.24, 2.45) is 17.8 Å². The van der Waals surface area contributed by atoms with Crippen LogP contribution < -0.4 is 4.74 Å². The predicted molar refractivity (Wildman–Crippen MR) is 83.8 cm³/mol. The highest BCUT2D eigenvalue weighted by molar-refractivity contribution is 5.73. The summed E-state index contributed by atoms with van der Waals surface area (Å²) in [5.74, 6) is 0.988. The van der Waals surface area contributed by atoms with Gasteiger partial charge in [-0.3, -0.25) is 4.79 Å². The molecule has 3 nitrogen and oxygen atoms in total. The maximum atomic E-state index is 11.0. The minimum Gasteiger partial charge on any atom is -0.493 e. The zero-order chi connectivity index (χ0) is 15.6. The second kappa shape index (κ2) is 6.50. The Morgan fingerprint density at radius 3 is 2.67 bits per heavy atom. The first-order valence-electron chi connectivity index (χ1n) is 7.90. The number of carboxylic acid groups (broad SMARTS) is 1. The van der Waals surface area contributed by atoms with Crippen LogP contribution in [0.2, 0.25) is 0 Å². The van der Waals surface area contributed by atoms with Crippen LogP contribution in [0, 0.1) is 31.6 Å². The van der Waals surface area contributed by atoms with Crippen molar-refractivity contribution in [2.45, 2.75) is 47.0 Å². The minimum absolute atomic E-state index is 0.117. The minimum atomic E-state index is -0.636. The Kier molecular flexibility index (Phi) is 4.92. The molecular weight excluding hydrogens is 264 g/mol. The van der Waals surface area contributed by atoms with Crippen molar-refractivity contribution in [1.82, 2.24) is 0 Å². The number of hydrogen-bond donors (Lipinski definition) is 1. The van der Waals surface area contributed by atoms with Crippen molar-refractivity contribution in [3.8, 4) is 5.75 Å². The highest BCUT2D eigenvalue weighted by atomic mass is 16.5. The maximum Gasteiger partial charge on any atom is 0.306 e. The van der Waals surface area contributed by atoms with Gasteiger partial charge in [0.2, 0.25) is 0 Å². The normalized spacial score (nSPS) is 21.9. The molecule has 3 unspecified atom stereocenters. The molecule has 1 saturated carbocycles. The first kappa shape index (κ1) is 15.9. The lowest BCUT2D eigenvalue weighted by molar-refractivity contribution is -0.139. The summed E-state index contributed by atoms with van der Waals surface area (Å²) in [7, 11) is 0. The number of carboxylic acids is 1. The van der Waals surface area contributed by atoms with Crippen molar-refractivity contribution in [2.75, 3.05) is 6.61 Å². The van der Waals surface area contributed by atoms with Crippen LogP contribution in [0.4, 0.5) is 0 Å². The maximum absolute atomic E-state index is 11.0. The highest BCUT2D eigenvalue weighted by Crippen LogP contribution is 2.45. The second-order valence-electron chi connectivity index (χ2n) is 6.35. The van der Waals surface area contributed by atoms with E-state index in [1.807, 2.05) is 0 Å². The largest absolute Gasteiger partial charge is 0.493 e. The SMILES string of the molecule is CCCOc1ccc(CC(C)C2CC2C(=O)O)c(C)c1C. The monoisotopic (exact) mass is 290 g/mol. The molecule has 116 valence electrons. The number of carbonyl (C=O) groups is 1. The molecule has 1 aromatic carbocycles.